The fraction of sp³-hybridized carbons (Fsp3) is 0.125. The first-order valence-electron chi connectivity index (χ1n) is 6.76. The first-order valence-corrected chi connectivity index (χ1v) is 6.76. The summed E-state index contributed by atoms with van der Waals surface area (Å²) in [5.74, 6) is 1.34. The summed E-state index contributed by atoms with van der Waals surface area (Å²) in [5, 5.41) is 0. The molecule has 0 aliphatic rings. The molecule has 0 saturated carbocycles. The zero-order valence-electron chi connectivity index (χ0n) is 11.7. The van der Waals surface area contributed by atoms with Gasteiger partial charge in [-0.1, -0.05) is 0 Å². The Kier molecular flexibility index (Phi) is 3.55. The van der Waals surface area contributed by atoms with Crippen LogP contribution < -0.4 is 10.5 Å². The van der Waals surface area contributed by atoms with E-state index in [0.29, 0.717) is 12.4 Å². The Bertz CT molecular complexity index is 734. The number of anilines is 1. The van der Waals surface area contributed by atoms with Crippen LogP contribution >= 0.6 is 0 Å². The van der Waals surface area contributed by atoms with E-state index in [0.717, 1.165) is 22.7 Å². The van der Waals surface area contributed by atoms with Crippen molar-refractivity contribution >= 4 is 5.82 Å². The van der Waals surface area contributed by atoms with Crippen molar-refractivity contribution in [3.8, 4) is 22.7 Å². The number of rotatable bonds is 4. The molecule has 0 bridgehead atoms. The third-order valence-corrected chi connectivity index (χ3v) is 3.18. The molecule has 2 N–H and O–H groups in total. The lowest BCUT2D eigenvalue weighted by atomic mass is 10.2. The highest BCUT2D eigenvalue weighted by molar-refractivity contribution is 5.72. The van der Waals surface area contributed by atoms with Crippen molar-refractivity contribution in [2.45, 2.75) is 6.92 Å². The van der Waals surface area contributed by atoms with Crippen LogP contribution in [0.4, 0.5) is 5.82 Å². The number of aromatic nitrogens is 3. The lowest BCUT2D eigenvalue weighted by molar-refractivity contribution is 0.340. The summed E-state index contributed by atoms with van der Waals surface area (Å²) in [6, 6.07) is 11.7. The molecule has 0 saturated heterocycles. The first kappa shape index (κ1) is 13.2. The van der Waals surface area contributed by atoms with Gasteiger partial charge in [-0.3, -0.25) is 4.57 Å². The minimum absolute atomic E-state index is 0.491. The van der Waals surface area contributed by atoms with Crippen molar-refractivity contribution in [3.05, 3.63) is 55.1 Å². The van der Waals surface area contributed by atoms with Gasteiger partial charge in [-0.25, -0.2) is 9.97 Å². The Morgan fingerprint density at radius 2 is 2.00 bits per heavy atom. The minimum Gasteiger partial charge on any atom is -0.494 e. The van der Waals surface area contributed by atoms with Crippen LogP contribution in [0, 0.1) is 0 Å². The Labute approximate surface area is 123 Å². The van der Waals surface area contributed by atoms with Gasteiger partial charge in [0.15, 0.2) is 0 Å². The smallest absolute Gasteiger partial charge is 0.132 e. The Morgan fingerprint density at radius 1 is 1.19 bits per heavy atom. The molecule has 0 aliphatic carbocycles. The highest BCUT2D eigenvalue weighted by Gasteiger charge is 2.10. The van der Waals surface area contributed by atoms with E-state index < -0.39 is 0 Å². The van der Waals surface area contributed by atoms with E-state index in [1.54, 1.807) is 18.7 Å². The summed E-state index contributed by atoms with van der Waals surface area (Å²) < 4.78 is 7.43. The predicted molar refractivity (Wildman–Crippen MR) is 82.4 cm³/mol. The average Bonchev–Trinajstić information content (AvgIpc) is 2.98. The Balaban J connectivity index is 2.01. The van der Waals surface area contributed by atoms with Gasteiger partial charge in [-0.15, -0.1) is 0 Å². The van der Waals surface area contributed by atoms with Gasteiger partial charge < -0.3 is 10.5 Å². The summed E-state index contributed by atoms with van der Waals surface area (Å²) in [7, 11) is 0. The number of nitrogen functional groups attached to an aromatic ring is 1. The topological polar surface area (TPSA) is 66.0 Å². The fourth-order valence-electron chi connectivity index (χ4n) is 2.20. The van der Waals surface area contributed by atoms with E-state index in [-0.39, 0.29) is 0 Å². The zero-order chi connectivity index (χ0) is 14.7. The highest BCUT2D eigenvalue weighted by Crippen LogP contribution is 2.26. The molecule has 0 spiro atoms. The lowest BCUT2D eigenvalue weighted by Gasteiger charge is -2.10. The molecule has 3 rings (SSSR count). The van der Waals surface area contributed by atoms with Crippen molar-refractivity contribution in [1.82, 2.24) is 14.5 Å². The maximum atomic E-state index is 5.95. The predicted octanol–water partition coefficient (Wildman–Crippen LogP) is 2.92. The molecule has 2 heterocycles. The number of pyridine rings is 1. The first-order chi connectivity index (χ1) is 10.3. The van der Waals surface area contributed by atoms with Gasteiger partial charge in [0.25, 0.3) is 0 Å². The molecular weight excluding hydrogens is 264 g/mol. The summed E-state index contributed by atoms with van der Waals surface area (Å²) >= 11 is 0. The van der Waals surface area contributed by atoms with Crippen LogP contribution in [-0.2, 0) is 0 Å². The quantitative estimate of drug-likeness (QED) is 0.798. The van der Waals surface area contributed by atoms with Crippen LogP contribution in [-0.4, -0.2) is 21.1 Å². The maximum Gasteiger partial charge on any atom is 0.132 e. The van der Waals surface area contributed by atoms with E-state index in [4.69, 9.17) is 10.5 Å². The minimum atomic E-state index is 0.491. The number of nitrogens with zero attached hydrogens (tertiary/aromatic N) is 3. The average molecular weight is 280 g/mol. The number of hydrogen-bond acceptors (Lipinski definition) is 4. The summed E-state index contributed by atoms with van der Waals surface area (Å²) in [6.45, 7) is 2.62. The van der Waals surface area contributed by atoms with Gasteiger partial charge in [0.1, 0.15) is 11.6 Å². The van der Waals surface area contributed by atoms with Crippen molar-refractivity contribution in [1.29, 1.82) is 0 Å². The molecule has 0 aliphatic heterocycles. The second-order valence-electron chi connectivity index (χ2n) is 4.51. The molecule has 2 aromatic heterocycles. The summed E-state index contributed by atoms with van der Waals surface area (Å²) in [4.78, 5) is 8.35. The van der Waals surface area contributed by atoms with Gasteiger partial charge in [0.2, 0.25) is 0 Å². The fourth-order valence-corrected chi connectivity index (χ4v) is 2.20. The van der Waals surface area contributed by atoms with Crippen molar-refractivity contribution in [3.63, 3.8) is 0 Å². The third-order valence-electron chi connectivity index (χ3n) is 3.18. The van der Waals surface area contributed by atoms with E-state index in [2.05, 4.69) is 9.97 Å². The molecule has 0 radical (unpaired) electrons. The van der Waals surface area contributed by atoms with Gasteiger partial charge >= 0.3 is 0 Å². The van der Waals surface area contributed by atoms with Gasteiger partial charge in [0.05, 0.1) is 24.8 Å². The van der Waals surface area contributed by atoms with Crippen molar-refractivity contribution < 1.29 is 4.74 Å². The van der Waals surface area contributed by atoms with Crippen LogP contribution in [0.25, 0.3) is 16.9 Å². The largest absolute Gasteiger partial charge is 0.494 e. The third kappa shape index (κ3) is 2.58. The molecule has 0 atom stereocenters. The number of benzene rings is 1. The second kappa shape index (κ2) is 5.66. The van der Waals surface area contributed by atoms with Gasteiger partial charge in [0, 0.05) is 17.4 Å². The number of hydrogen-bond donors (Lipinski definition) is 1. The Hall–Kier alpha value is -2.82. The van der Waals surface area contributed by atoms with E-state index >= 15 is 0 Å². The van der Waals surface area contributed by atoms with Crippen LogP contribution in [0.5, 0.6) is 5.75 Å². The van der Waals surface area contributed by atoms with Gasteiger partial charge in [-0.05, 0) is 43.3 Å². The zero-order valence-corrected chi connectivity index (χ0v) is 11.7. The van der Waals surface area contributed by atoms with Crippen molar-refractivity contribution in [2.75, 3.05) is 12.3 Å². The van der Waals surface area contributed by atoms with E-state index in [1.807, 2.05) is 47.9 Å². The summed E-state index contributed by atoms with van der Waals surface area (Å²) in [6.07, 6.45) is 5.22. The van der Waals surface area contributed by atoms with Crippen molar-refractivity contribution in [2.24, 2.45) is 0 Å². The van der Waals surface area contributed by atoms with Crippen LogP contribution in [0.15, 0.2) is 55.1 Å². The molecular formula is C16H16N4O. The normalized spacial score (nSPS) is 10.5. The lowest BCUT2D eigenvalue weighted by Crippen LogP contribution is -1.99. The molecule has 21 heavy (non-hydrogen) atoms. The molecule has 0 fully saturated rings. The summed E-state index contributed by atoms with van der Waals surface area (Å²) in [5.41, 5.74) is 8.72. The number of nitrogens with two attached hydrogens (primary N) is 1. The van der Waals surface area contributed by atoms with Crippen LogP contribution in [0.3, 0.4) is 0 Å². The molecule has 5 nitrogen and oxygen atoms in total. The monoisotopic (exact) mass is 280 g/mol. The maximum absolute atomic E-state index is 5.95. The highest BCUT2D eigenvalue weighted by atomic mass is 16.5. The molecule has 5 heteroatoms. The number of ether oxygens (including phenoxy) is 1. The van der Waals surface area contributed by atoms with E-state index in [9.17, 15) is 0 Å². The molecule has 0 unspecified atom stereocenters. The van der Waals surface area contributed by atoms with Crippen LogP contribution in [0.1, 0.15) is 6.92 Å². The van der Waals surface area contributed by atoms with E-state index in [1.165, 1.54) is 0 Å². The SMILES string of the molecule is CCOc1ccc(-n2cncc2-c2cccnc2N)cc1. The van der Waals surface area contributed by atoms with Gasteiger partial charge in [-0.2, -0.15) is 0 Å². The van der Waals surface area contributed by atoms with Crippen LogP contribution in [0.2, 0.25) is 0 Å². The molecule has 106 valence electrons. The molecule has 0 amide bonds. The second-order valence-corrected chi connectivity index (χ2v) is 4.51. The molecule has 1 aromatic carbocycles. The number of imidazole rings is 1. The molecule has 3 aromatic rings. The standard InChI is InChI=1S/C16H16N4O/c1-2-21-13-7-5-12(6-8-13)20-11-18-10-15(20)14-4-3-9-19-16(14)17/h3-11H,2H2,1H3,(H2,17,19). The Morgan fingerprint density at radius 3 is 2.71 bits per heavy atom.